The maximum absolute atomic E-state index is 13.0. The Hall–Kier alpha value is -1.45. The van der Waals surface area contributed by atoms with Gasteiger partial charge in [-0.25, -0.2) is 8.78 Å². The second kappa shape index (κ2) is 2.80. The third-order valence-corrected chi connectivity index (χ3v) is 1.89. The number of halogens is 2. The molecule has 0 amide bonds. The zero-order valence-electron chi connectivity index (χ0n) is 6.59. The van der Waals surface area contributed by atoms with E-state index in [-0.39, 0.29) is 11.3 Å². The van der Waals surface area contributed by atoms with E-state index in [2.05, 4.69) is 0 Å². The molecule has 2 nitrogen and oxygen atoms in total. The molecule has 1 aromatic rings. The Morgan fingerprint density at radius 3 is 3.00 bits per heavy atom. The summed E-state index contributed by atoms with van der Waals surface area (Å²) in [7, 11) is 0. The summed E-state index contributed by atoms with van der Waals surface area (Å²) in [5, 5.41) is 0. The maximum Gasteiger partial charge on any atom is 0.204 e. The Kier molecular flexibility index (Phi) is 1.76. The molecule has 0 radical (unpaired) electrons. The van der Waals surface area contributed by atoms with Gasteiger partial charge in [0.25, 0.3) is 0 Å². The van der Waals surface area contributed by atoms with Crippen LogP contribution in [0.4, 0.5) is 8.78 Å². The molecule has 0 aromatic heterocycles. The van der Waals surface area contributed by atoms with Crippen molar-refractivity contribution in [1.29, 1.82) is 0 Å². The van der Waals surface area contributed by atoms with Crippen LogP contribution in [-0.2, 0) is 0 Å². The van der Waals surface area contributed by atoms with Gasteiger partial charge in [-0.05, 0) is 12.1 Å². The molecule has 0 N–H and O–H groups in total. The first-order chi connectivity index (χ1) is 6.20. The quantitative estimate of drug-likeness (QED) is 0.613. The van der Waals surface area contributed by atoms with Crippen LogP contribution in [0.15, 0.2) is 18.2 Å². The highest BCUT2D eigenvalue weighted by Gasteiger charge is 2.30. The van der Waals surface area contributed by atoms with Gasteiger partial charge in [-0.2, -0.15) is 0 Å². The Labute approximate surface area is 73.1 Å². The first kappa shape index (κ1) is 8.16. The summed E-state index contributed by atoms with van der Waals surface area (Å²) in [4.78, 5) is 11.1. The van der Waals surface area contributed by atoms with Gasteiger partial charge in [0.2, 0.25) is 5.78 Å². The third-order valence-electron chi connectivity index (χ3n) is 1.89. The summed E-state index contributed by atoms with van der Waals surface area (Å²) in [6, 6.07) is 3.88. The molecule has 0 saturated heterocycles. The molecule has 1 heterocycles. The SMILES string of the molecule is O=C1c2cccc(F)c2OCC1F. The Bertz CT molecular complexity index is 363. The number of hydrogen-bond donors (Lipinski definition) is 0. The molecule has 1 atom stereocenters. The number of carbonyl (C=O) groups excluding carboxylic acids is 1. The average Bonchev–Trinajstić information content (AvgIpc) is 2.12. The van der Waals surface area contributed by atoms with Crippen LogP contribution in [0.25, 0.3) is 0 Å². The normalized spacial score (nSPS) is 20.8. The smallest absolute Gasteiger partial charge is 0.204 e. The topological polar surface area (TPSA) is 26.3 Å². The average molecular weight is 184 g/mol. The lowest BCUT2D eigenvalue weighted by molar-refractivity contribution is 0.0757. The highest BCUT2D eigenvalue weighted by Crippen LogP contribution is 2.28. The Morgan fingerprint density at radius 1 is 1.46 bits per heavy atom. The van der Waals surface area contributed by atoms with Crippen molar-refractivity contribution in [3.05, 3.63) is 29.6 Å². The van der Waals surface area contributed by atoms with E-state index in [1.165, 1.54) is 18.2 Å². The van der Waals surface area contributed by atoms with Gasteiger partial charge in [0.1, 0.15) is 6.61 Å². The zero-order chi connectivity index (χ0) is 9.42. The summed E-state index contributed by atoms with van der Waals surface area (Å²) in [5.41, 5.74) is -0.0150. The van der Waals surface area contributed by atoms with E-state index < -0.39 is 24.4 Å². The number of hydrogen-bond acceptors (Lipinski definition) is 2. The van der Waals surface area contributed by atoms with Gasteiger partial charge in [0.05, 0.1) is 5.56 Å². The van der Waals surface area contributed by atoms with Gasteiger partial charge in [-0.3, -0.25) is 4.79 Å². The number of alkyl halides is 1. The first-order valence-electron chi connectivity index (χ1n) is 3.80. The summed E-state index contributed by atoms with van der Waals surface area (Å²) in [6.45, 7) is -0.396. The standard InChI is InChI=1S/C9H6F2O2/c10-6-3-1-2-5-8(12)7(11)4-13-9(5)6/h1-3,7H,4H2. The van der Waals surface area contributed by atoms with E-state index in [9.17, 15) is 13.6 Å². The summed E-state index contributed by atoms with van der Waals surface area (Å²) < 4.78 is 30.5. The Morgan fingerprint density at radius 2 is 2.23 bits per heavy atom. The molecular formula is C9H6F2O2. The van der Waals surface area contributed by atoms with Crippen LogP contribution in [0, 0.1) is 5.82 Å². The number of carbonyl (C=O) groups is 1. The largest absolute Gasteiger partial charge is 0.486 e. The molecule has 0 spiro atoms. The summed E-state index contributed by atoms with van der Waals surface area (Å²) >= 11 is 0. The molecule has 0 saturated carbocycles. The molecular weight excluding hydrogens is 178 g/mol. The molecule has 0 fully saturated rings. The van der Waals surface area contributed by atoms with Crippen molar-refractivity contribution in [2.24, 2.45) is 0 Å². The minimum atomic E-state index is -1.67. The van der Waals surface area contributed by atoms with E-state index in [1.54, 1.807) is 0 Å². The van der Waals surface area contributed by atoms with Crippen LogP contribution < -0.4 is 4.74 Å². The summed E-state index contributed by atoms with van der Waals surface area (Å²) in [5.74, 6) is -1.47. The van der Waals surface area contributed by atoms with Crippen molar-refractivity contribution in [2.75, 3.05) is 6.61 Å². The van der Waals surface area contributed by atoms with E-state index in [1.807, 2.05) is 0 Å². The highest BCUT2D eigenvalue weighted by molar-refractivity contribution is 6.02. The lowest BCUT2D eigenvalue weighted by Crippen LogP contribution is -2.29. The lowest BCUT2D eigenvalue weighted by Gasteiger charge is -2.18. The van der Waals surface area contributed by atoms with Crippen LogP contribution in [-0.4, -0.2) is 18.6 Å². The predicted molar refractivity (Wildman–Crippen MR) is 41.1 cm³/mol. The number of benzene rings is 1. The minimum Gasteiger partial charge on any atom is -0.486 e. The van der Waals surface area contributed by atoms with Gasteiger partial charge in [0.15, 0.2) is 17.7 Å². The number of para-hydroxylation sites is 1. The molecule has 4 heteroatoms. The lowest BCUT2D eigenvalue weighted by atomic mass is 10.0. The zero-order valence-corrected chi connectivity index (χ0v) is 6.59. The second-order valence-electron chi connectivity index (χ2n) is 2.76. The van der Waals surface area contributed by atoms with E-state index >= 15 is 0 Å². The summed E-state index contributed by atoms with van der Waals surface area (Å²) in [6.07, 6.45) is -1.67. The minimum absolute atomic E-state index is 0.0150. The first-order valence-corrected chi connectivity index (χ1v) is 3.80. The second-order valence-corrected chi connectivity index (χ2v) is 2.76. The van der Waals surface area contributed by atoms with Crippen molar-refractivity contribution in [3.8, 4) is 5.75 Å². The molecule has 0 aliphatic carbocycles. The fourth-order valence-electron chi connectivity index (χ4n) is 1.25. The molecule has 1 aromatic carbocycles. The van der Waals surface area contributed by atoms with Crippen molar-refractivity contribution in [3.63, 3.8) is 0 Å². The van der Waals surface area contributed by atoms with E-state index in [0.717, 1.165) is 0 Å². The molecule has 13 heavy (non-hydrogen) atoms. The maximum atomic E-state index is 13.0. The third kappa shape index (κ3) is 1.18. The number of Topliss-reactive ketones (excluding diaryl/α,β-unsaturated/α-hetero) is 1. The van der Waals surface area contributed by atoms with Gasteiger partial charge in [-0.15, -0.1) is 0 Å². The Balaban J connectivity index is 2.55. The number of ketones is 1. The molecule has 2 rings (SSSR count). The molecule has 1 aliphatic heterocycles. The number of rotatable bonds is 0. The van der Waals surface area contributed by atoms with Crippen LogP contribution in [0.2, 0.25) is 0 Å². The van der Waals surface area contributed by atoms with Gasteiger partial charge in [-0.1, -0.05) is 6.07 Å². The van der Waals surface area contributed by atoms with Crippen molar-refractivity contribution >= 4 is 5.78 Å². The van der Waals surface area contributed by atoms with Crippen molar-refractivity contribution in [2.45, 2.75) is 6.17 Å². The monoisotopic (exact) mass is 184 g/mol. The fraction of sp³-hybridized carbons (Fsp3) is 0.222. The van der Waals surface area contributed by atoms with Crippen LogP contribution >= 0.6 is 0 Å². The van der Waals surface area contributed by atoms with Crippen molar-refractivity contribution < 1.29 is 18.3 Å². The van der Waals surface area contributed by atoms with Gasteiger partial charge >= 0.3 is 0 Å². The molecule has 1 aliphatic rings. The van der Waals surface area contributed by atoms with E-state index in [0.29, 0.717) is 0 Å². The van der Waals surface area contributed by atoms with Crippen molar-refractivity contribution in [1.82, 2.24) is 0 Å². The number of fused-ring (bicyclic) bond motifs is 1. The van der Waals surface area contributed by atoms with Crippen LogP contribution in [0.3, 0.4) is 0 Å². The van der Waals surface area contributed by atoms with Crippen LogP contribution in [0.5, 0.6) is 5.75 Å². The molecule has 1 unspecified atom stereocenters. The number of ether oxygens (including phenoxy) is 1. The van der Waals surface area contributed by atoms with Crippen LogP contribution in [0.1, 0.15) is 10.4 Å². The molecule has 68 valence electrons. The molecule has 0 bridgehead atoms. The predicted octanol–water partition coefficient (Wildman–Crippen LogP) is 1.74. The highest BCUT2D eigenvalue weighted by atomic mass is 19.1. The van der Waals surface area contributed by atoms with Gasteiger partial charge in [0, 0.05) is 0 Å². The fourth-order valence-corrected chi connectivity index (χ4v) is 1.25. The van der Waals surface area contributed by atoms with E-state index in [4.69, 9.17) is 4.74 Å². The van der Waals surface area contributed by atoms with Gasteiger partial charge < -0.3 is 4.74 Å².